The van der Waals surface area contributed by atoms with E-state index < -0.39 is 15.8 Å². The zero-order valence-corrected chi connectivity index (χ0v) is 19.4. The summed E-state index contributed by atoms with van der Waals surface area (Å²) in [5.74, 6) is -0.449. The number of anilines is 2. The van der Waals surface area contributed by atoms with Crippen molar-refractivity contribution in [2.45, 2.75) is 11.8 Å². The van der Waals surface area contributed by atoms with Crippen LogP contribution in [0, 0.1) is 5.82 Å². The van der Waals surface area contributed by atoms with Crippen LogP contribution in [0.1, 0.15) is 6.92 Å². The van der Waals surface area contributed by atoms with Gasteiger partial charge < -0.3 is 10.1 Å². The van der Waals surface area contributed by atoms with Gasteiger partial charge in [0.05, 0.1) is 22.4 Å². The van der Waals surface area contributed by atoms with Gasteiger partial charge in [0.2, 0.25) is 11.9 Å². The number of aromatic nitrogens is 3. The number of benzene rings is 2. The maximum absolute atomic E-state index is 14.7. The van der Waals surface area contributed by atoms with E-state index in [2.05, 4.69) is 20.3 Å². The van der Waals surface area contributed by atoms with Crippen LogP contribution in [-0.2, 0) is 14.8 Å². The lowest BCUT2D eigenvalue weighted by Gasteiger charge is -2.18. The molecule has 33 heavy (non-hydrogen) atoms. The van der Waals surface area contributed by atoms with Gasteiger partial charge in [0.25, 0.3) is 10.0 Å². The Bertz CT molecular complexity index is 1460. The molecule has 170 valence electrons. The van der Waals surface area contributed by atoms with E-state index in [4.69, 9.17) is 4.74 Å². The number of ether oxygens (including phenoxy) is 1. The Morgan fingerprint density at radius 1 is 1.15 bits per heavy atom. The highest BCUT2D eigenvalue weighted by atomic mass is 32.2. The minimum Gasteiger partial charge on any atom is -0.497 e. The maximum atomic E-state index is 14.7. The molecule has 0 saturated carbocycles. The normalized spacial score (nSPS) is 11.4. The summed E-state index contributed by atoms with van der Waals surface area (Å²) < 4.78 is 47.2. The van der Waals surface area contributed by atoms with Crippen LogP contribution in [0.4, 0.5) is 15.5 Å². The highest BCUT2D eigenvalue weighted by Crippen LogP contribution is 2.32. The molecule has 0 unspecified atom stereocenters. The van der Waals surface area contributed by atoms with Gasteiger partial charge in [-0.2, -0.15) is 0 Å². The number of methoxy groups -OCH3 is 1. The van der Waals surface area contributed by atoms with Crippen molar-refractivity contribution in [1.82, 2.24) is 15.0 Å². The van der Waals surface area contributed by atoms with Gasteiger partial charge in [-0.25, -0.2) is 32.1 Å². The first kappa shape index (κ1) is 22.6. The molecule has 9 nitrogen and oxygen atoms in total. The van der Waals surface area contributed by atoms with Crippen molar-refractivity contribution >= 4 is 48.6 Å². The Morgan fingerprint density at radius 3 is 2.55 bits per heavy atom. The van der Waals surface area contributed by atoms with Crippen molar-refractivity contribution in [3.63, 3.8) is 0 Å². The molecule has 0 atom stereocenters. The molecule has 0 aliphatic carbocycles. The van der Waals surface area contributed by atoms with E-state index in [-0.39, 0.29) is 27.4 Å². The first-order valence-corrected chi connectivity index (χ1v) is 11.8. The molecule has 0 fully saturated rings. The second-order valence-corrected chi connectivity index (χ2v) is 9.89. The van der Waals surface area contributed by atoms with E-state index >= 15 is 0 Å². The number of hydrogen-bond acceptors (Lipinski definition) is 8. The van der Waals surface area contributed by atoms with Crippen molar-refractivity contribution in [1.29, 1.82) is 0 Å². The maximum Gasteiger partial charge on any atom is 0.266 e. The summed E-state index contributed by atoms with van der Waals surface area (Å²) in [5.41, 5.74) is 0.866. The number of rotatable bonds is 6. The van der Waals surface area contributed by atoms with Gasteiger partial charge in [0.15, 0.2) is 10.9 Å². The molecule has 0 aliphatic rings. The summed E-state index contributed by atoms with van der Waals surface area (Å²) >= 11 is 1.12. The summed E-state index contributed by atoms with van der Waals surface area (Å²) in [7, 11) is -1.11. The molecule has 2 heterocycles. The molecule has 0 spiro atoms. The summed E-state index contributed by atoms with van der Waals surface area (Å²) in [5, 5.41) is 2.82. The molecule has 4 aromatic rings. The summed E-state index contributed by atoms with van der Waals surface area (Å²) in [6.45, 7) is 1.34. The first-order chi connectivity index (χ1) is 15.7. The minimum atomic E-state index is -3.94. The van der Waals surface area contributed by atoms with Crippen molar-refractivity contribution in [2.24, 2.45) is 0 Å². The van der Waals surface area contributed by atoms with Gasteiger partial charge in [-0.3, -0.25) is 4.79 Å². The molecule has 4 rings (SSSR count). The van der Waals surface area contributed by atoms with Gasteiger partial charge in [0, 0.05) is 25.7 Å². The van der Waals surface area contributed by atoms with E-state index in [1.165, 1.54) is 45.5 Å². The molecule has 0 aliphatic heterocycles. The van der Waals surface area contributed by atoms with E-state index in [1.807, 2.05) is 0 Å². The smallest absolute Gasteiger partial charge is 0.266 e. The molecule has 2 aromatic carbocycles. The van der Waals surface area contributed by atoms with E-state index in [0.717, 1.165) is 15.6 Å². The lowest BCUT2D eigenvalue weighted by Crippen LogP contribution is -2.28. The lowest BCUT2D eigenvalue weighted by atomic mass is 10.1. The average Bonchev–Trinajstić information content (AvgIpc) is 3.21. The summed E-state index contributed by atoms with van der Waals surface area (Å²) in [6, 6.07) is 10.4. The van der Waals surface area contributed by atoms with Crippen molar-refractivity contribution in [2.75, 3.05) is 23.8 Å². The lowest BCUT2D eigenvalue weighted by molar-refractivity contribution is -0.114. The number of amides is 1. The van der Waals surface area contributed by atoms with Crippen LogP contribution in [0.2, 0.25) is 0 Å². The van der Waals surface area contributed by atoms with Crippen LogP contribution in [0.15, 0.2) is 53.6 Å². The van der Waals surface area contributed by atoms with Crippen molar-refractivity contribution in [3.8, 4) is 17.0 Å². The van der Waals surface area contributed by atoms with E-state index in [9.17, 15) is 17.6 Å². The second-order valence-electron chi connectivity index (χ2n) is 6.89. The summed E-state index contributed by atoms with van der Waals surface area (Å²) in [4.78, 5) is 23.8. The Morgan fingerprint density at radius 2 is 1.88 bits per heavy atom. The average molecular weight is 488 g/mol. The van der Waals surface area contributed by atoms with E-state index in [1.54, 1.807) is 24.3 Å². The van der Waals surface area contributed by atoms with Gasteiger partial charge in [-0.05, 0) is 42.5 Å². The number of thiazole rings is 1. The number of hydrogen-bond donors (Lipinski definition) is 1. The monoisotopic (exact) mass is 487 g/mol. The molecule has 0 bridgehead atoms. The largest absolute Gasteiger partial charge is 0.497 e. The number of fused-ring (bicyclic) bond motifs is 1. The third-order valence-corrected chi connectivity index (χ3v) is 7.34. The van der Waals surface area contributed by atoms with Gasteiger partial charge in [-0.1, -0.05) is 11.3 Å². The third-order valence-electron chi connectivity index (χ3n) is 4.67. The Kier molecular flexibility index (Phi) is 5.95. The van der Waals surface area contributed by atoms with Crippen LogP contribution >= 0.6 is 11.3 Å². The fraction of sp³-hybridized carbons (Fsp3) is 0.143. The van der Waals surface area contributed by atoms with Crippen LogP contribution < -0.4 is 14.4 Å². The standard InChI is InChI=1S/C21H18FN5O4S2/c1-12(28)24-21-26-19-16(22)10-13(11-18(19)32-21)17-8-9-23-20(25-17)27(2)33(29,30)15-6-4-14(31-3)5-7-15/h4-11H,1-3H3,(H,24,26,28). The van der Waals surface area contributed by atoms with Crippen LogP contribution in [0.3, 0.4) is 0 Å². The number of nitrogens with one attached hydrogen (secondary N) is 1. The third kappa shape index (κ3) is 4.47. The van der Waals surface area contributed by atoms with Gasteiger partial charge in [0.1, 0.15) is 11.3 Å². The zero-order chi connectivity index (χ0) is 23.8. The molecular formula is C21H18FN5O4S2. The minimum absolute atomic E-state index is 0.0439. The van der Waals surface area contributed by atoms with E-state index in [0.29, 0.717) is 21.7 Å². The number of sulfonamides is 1. The fourth-order valence-electron chi connectivity index (χ4n) is 3.01. The number of carbonyl (C=O) groups excluding carboxylic acids is 1. The van der Waals surface area contributed by atoms with Gasteiger partial charge >= 0.3 is 0 Å². The SMILES string of the molecule is COc1ccc(S(=O)(=O)N(C)c2nccc(-c3cc(F)c4nc(NC(C)=O)sc4c3)n2)cc1. The second kappa shape index (κ2) is 8.71. The molecule has 2 aromatic heterocycles. The summed E-state index contributed by atoms with van der Waals surface area (Å²) in [6.07, 6.45) is 1.40. The van der Waals surface area contributed by atoms with Gasteiger partial charge in [-0.15, -0.1) is 0 Å². The topological polar surface area (TPSA) is 114 Å². The van der Waals surface area contributed by atoms with Crippen LogP contribution in [0.5, 0.6) is 5.75 Å². The Hall–Kier alpha value is -3.64. The van der Waals surface area contributed by atoms with Crippen molar-refractivity contribution < 1.29 is 22.3 Å². The highest BCUT2D eigenvalue weighted by molar-refractivity contribution is 7.92. The van der Waals surface area contributed by atoms with Crippen molar-refractivity contribution in [3.05, 3.63) is 54.5 Å². The highest BCUT2D eigenvalue weighted by Gasteiger charge is 2.24. The number of carbonyl (C=O) groups is 1. The Balaban J connectivity index is 1.69. The molecule has 12 heteroatoms. The molecule has 0 radical (unpaired) electrons. The quantitative estimate of drug-likeness (QED) is 0.441. The number of nitrogens with zero attached hydrogens (tertiary/aromatic N) is 4. The molecule has 1 N–H and O–H groups in total. The molecular weight excluding hydrogens is 469 g/mol. The van der Waals surface area contributed by atoms with Crippen LogP contribution in [0.25, 0.3) is 21.5 Å². The predicted octanol–water partition coefficient (Wildman–Crippen LogP) is 3.68. The molecule has 1 amide bonds. The van der Waals surface area contributed by atoms with Crippen LogP contribution in [-0.4, -0.2) is 43.4 Å². The fourth-order valence-corrected chi connectivity index (χ4v) is 5.08. The first-order valence-electron chi connectivity index (χ1n) is 9.53. The zero-order valence-electron chi connectivity index (χ0n) is 17.7. The predicted molar refractivity (Wildman–Crippen MR) is 123 cm³/mol. The molecule has 0 saturated heterocycles. The number of halogens is 1. The Labute approximate surface area is 192 Å².